The molecule has 1 saturated heterocycles. The van der Waals surface area contributed by atoms with Gasteiger partial charge in [-0.15, -0.1) is 0 Å². The predicted octanol–water partition coefficient (Wildman–Crippen LogP) is 2.14. The molecule has 23 heavy (non-hydrogen) atoms. The second-order valence-electron chi connectivity index (χ2n) is 6.25. The Morgan fingerprint density at radius 1 is 1.35 bits per heavy atom. The molecule has 0 aromatic carbocycles. The van der Waals surface area contributed by atoms with E-state index in [4.69, 9.17) is 10.2 Å². The van der Waals surface area contributed by atoms with Gasteiger partial charge in [-0.3, -0.25) is 9.80 Å². The summed E-state index contributed by atoms with van der Waals surface area (Å²) in [5.41, 5.74) is 5.74. The van der Waals surface area contributed by atoms with Crippen molar-refractivity contribution in [2.45, 2.75) is 38.4 Å². The van der Waals surface area contributed by atoms with Crippen LogP contribution in [0.15, 0.2) is 35.1 Å². The lowest BCUT2D eigenvalue weighted by atomic mass is 10.1. The quantitative estimate of drug-likeness (QED) is 0.911. The van der Waals surface area contributed by atoms with Crippen LogP contribution in [0.2, 0.25) is 0 Å². The summed E-state index contributed by atoms with van der Waals surface area (Å²) in [6.07, 6.45) is 7.03. The monoisotopic (exact) mass is 315 g/mol. The zero-order valence-electron chi connectivity index (χ0n) is 13.7. The number of likely N-dealkylation sites (tertiary alicyclic amines) is 1. The number of aromatic nitrogens is 2. The van der Waals surface area contributed by atoms with Crippen molar-refractivity contribution in [3.63, 3.8) is 0 Å². The Bertz CT molecular complexity index is 601. The molecule has 1 aliphatic heterocycles. The molecule has 1 aliphatic rings. The Morgan fingerprint density at radius 3 is 3.04 bits per heavy atom. The minimum Gasteiger partial charge on any atom is -0.468 e. The van der Waals surface area contributed by atoms with Gasteiger partial charge in [-0.05, 0) is 51.1 Å². The Hall–Kier alpha value is -1.92. The third-order valence-corrected chi connectivity index (χ3v) is 4.49. The van der Waals surface area contributed by atoms with Gasteiger partial charge in [0.15, 0.2) is 0 Å². The molecular formula is C17H25N5O. The normalized spacial score (nSPS) is 19.8. The second kappa shape index (κ2) is 7.57. The highest BCUT2D eigenvalue weighted by atomic mass is 16.3. The van der Waals surface area contributed by atoms with Crippen molar-refractivity contribution in [1.29, 1.82) is 0 Å². The number of nitrogens with two attached hydrogens (primary N) is 1. The molecule has 0 amide bonds. The van der Waals surface area contributed by atoms with Gasteiger partial charge in [-0.1, -0.05) is 0 Å². The Morgan fingerprint density at radius 2 is 2.26 bits per heavy atom. The molecule has 1 fully saturated rings. The van der Waals surface area contributed by atoms with E-state index in [0.29, 0.717) is 11.9 Å². The molecule has 0 aliphatic carbocycles. The van der Waals surface area contributed by atoms with Crippen molar-refractivity contribution in [1.82, 2.24) is 19.8 Å². The average Bonchev–Trinajstić information content (AvgIpc) is 2.91. The summed E-state index contributed by atoms with van der Waals surface area (Å²) < 4.78 is 5.46. The number of nitrogens with zero attached hydrogens (tertiary/aromatic N) is 4. The van der Waals surface area contributed by atoms with Gasteiger partial charge in [0.2, 0.25) is 0 Å². The smallest absolute Gasteiger partial charge is 0.144 e. The Labute approximate surface area is 137 Å². The average molecular weight is 315 g/mol. The Balaban J connectivity index is 1.52. The SMILES string of the molecule is CN(Cc1nccc(N)n1)C1CCCN(Cc2ccco2)CC1. The minimum absolute atomic E-state index is 0.536. The lowest BCUT2D eigenvalue weighted by Gasteiger charge is -2.26. The van der Waals surface area contributed by atoms with E-state index in [1.807, 2.05) is 12.1 Å². The van der Waals surface area contributed by atoms with Gasteiger partial charge < -0.3 is 10.2 Å². The zero-order chi connectivity index (χ0) is 16.1. The van der Waals surface area contributed by atoms with Gasteiger partial charge in [0.1, 0.15) is 17.4 Å². The van der Waals surface area contributed by atoms with Gasteiger partial charge >= 0.3 is 0 Å². The maximum Gasteiger partial charge on any atom is 0.144 e. The van der Waals surface area contributed by atoms with Crippen molar-refractivity contribution in [2.24, 2.45) is 0 Å². The molecule has 3 heterocycles. The number of hydrogen-bond donors (Lipinski definition) is 1. The molecule has 0 radical (unpaired) electrons. The van der Waals surface area contributed by atoms with E-state index in [1.54, 1.807) is 18.5 Å². The standard InChI is InChI=1S/C17H25N5O/c1-21(13-17-19-8-6-16(18)20-17)14-4-2-9-22(10-7-14)12-15-5-3-11-23-15/h3,5-6,8,11,14H,2,4,7,9-10,12-13H2,1H3,(H2,18,19,20). The highest BCUT2D eigenvalue weighted by Crippen LogP contribution is 2.19. The van der Waals surface area contributed by atoms with Gasteiger partial charge in [-0.25, -0.2) is 9.97 Å². The van der Waals surface area contributed by atoms with Crippen LogP contribution in [0.25, 0.3) is 0 Å². The fourth-order valence-corrected chi connectivity index (χ4v) is 3.20. The predicted molar refractivity (Wildman–Crippen MR) is 89.5 cm³/mol. The van der Waals surface area contributed by atoms with E-state index in [0.717, 1.165) is 44.2 Å². The molecule has 3 rings (SSSR count). The van der Waals surface area contributed by atoms with Crippen LogP contribution in [0.1, 0.15) is 30.8 Å². The van der Waals surface area contributed by atoms with Crippen molar-refractivity contribution in [2.75, 3.05) is 25.9 Å². The fourth-order valence-electron chi connectivity index (χ4n) is 3.20. The maximum atomic E-state index is 5.74. The van der Waals surface area contributed by atoms with E-state index >= 15 is 0 Å². The number of nitrogen functional groups attached to an aromatic ring is 1. The molecule has 2 aromatic heterocycles. The van der Waals surface area contributed by atoms with E-state index in [2.05, 4.69) is 26.8 Å². The van der Waals surface area contributed by atoms with E-state index in [1.165, 1.54) is 12.8 Å². The van der Waals surface area contributed by atoms with Gasteiger partial charge in [0.25, 0.3) is 0 Å². The molecular weight excluding hydrogens is 290 g/mol. The van der Waals surface area contributed by atoms with Crippen molar-refractivity contribution in [3.05, 3.63) is 42.2 Å². The first-order valence-electron chi connectivity index (χ1n) is 8.23. The molecule has 2 aromatic rings. The number of hydrogen-bond acceptors (Lipinski definition) is 6. The first-order chi connectivity index (χ1) is 11.2. The van der Waals surface area contributed by atoms with Gasteiger partial charge in [-0.2, -0.15) is 0 Å². The molecule has 0 bridgehead atoms. The molecule has 0 spiro atoms. The second-order valence-corrected chi connectivity index (χ2v) is 6.25. The third kappa shape index (κ3) is 4.53. The summed E-state index contributed by atoms with van der Waals surface area (Å²) in [5.74, 6) is 2.38. The van der Waals surface area contributed by atoms with E-state index in [-0.39, 0.29) is 0 Å². The van der Waals surface area contributed by atoms with Crippen LogP contribution in [-0.2, 0) is 13.1 Å². The van der Waals surface area contributed by atoms with Crippen molar-refractivity contribution in [3.8, 4) is 0 Å². The third-order valence-electron chi connectivity index (χ3n) is 4.49. The minimum atomic E-state index is 0.536. The molecule has 0 saturated carbocycles. The summed E-state index contributed by atoms with van der Waals surface area (Å²) in [6.45, 7) is 3.86. The van der Waals surface area contributed by atoms with Crippen molar-refractivity contribution < 1.29 is 4.42 Å². The van der Waals surface area contributed by atoms with Crippen molar-refractivity contribution >= 4 is 5.82 Å². The first kappa shape index (κ1) is 16.0. The van der Waals surface area contributed by atoms with Crippen LogP contribution in [0.3, 0.4) is 0 Å². The molecule has 124 valence electrons. The molecule has 2 N–H and O–H groups in total. The number of rotatable bonds is 5. The number of furan rings is 1. The summed E-state index contributed by atoms with van der Waals surface area (Å²) in [4.78, 5) is 13.4. The molecule has 1 unspecified atom stereocenters. The van der Waals surface area contributed by atoms with Gasteiger partial charge in [0.05, 0.1) is 19.4 Å². The lowest BCUT2D eigenvalue weighted by Crippen LogP contribution is -2.33. The largest absolute Gasteiger partial charge is 0.468 e. The highest BCUT2D eigenvalue weighted by Gasteiger charge is 2.21. The molecule has 6 nitrogen and oxygen atoms in total. The van der Waals surface area contributed by atoms with Crippen LogP contribution in [0.5, 0.6) is 0 Å². The van der Waals surface area contributed by atoms with Crippen LogP contribution in [0.4, 0.5) is 5.82 Å². The van der Waals surface area contributed by atoms with Crippen LogP contribution < -0.4 is 5.73 Å². The zero-order valence-corrected chi connectivity index (χ0v) is 13.7. The summed E-state index contributed by atoms with van der Waals surface area (Å²) in [7, 11) is 2.15. The fraction of sp³-hybridized carbons (Fsp3) is 0.529. The Kier molecular flexibility index (Phi) is 5.25. The summed E-state index contributed by atoms with van der Waals surface area (Å²) in [5, 5.41) is 0. The first-order valence-corrected chi connectivity index (χ1v) is 8.23. The molecule has 1 atom stereocenters. The van der Waals surface area contributed by atoms with Crippen LogP contribution >= 0.6 is 0 Å². The molecule has 6 heteroatoms. The summed E-state index contributed by atoms with van der Waals surface area (Å²) >= 11 is 0. The lowest BCUT2D eigenvalue weighted by molar-refractivity contribution is 0.199. The van der Waals surface area contributed by atoms with E-state index in [9.17, 15) is 0 Å². The topological polar surface area (TPSA) is 71.4 Å². The van der Waals surface area contributed by atoms with Gasteiger partial charge in [0, 0.05) is 18.8 Å². The van der Waals surface area contributed by atoms with E-state index < -0.39 is 0 Å². The summed E-state index contributed by atoms with van der Waals surface area (Å²) in [6, 6.07) is 6.28. The van der Waals surface area contributed by atoms with Crippen LogP contribution in [0, 0.1) is 0 Å². The van der Waals surface area contributed by atoms with Crippen LogP contribution in [-0.4, -0.2) is 45.9 Å². The highest BCUT2D eigenvalue weighted by molar-refractivity contribution is 5.24. The number of anilines is 1. The maximum absolute atomic E-state index is 5.74.